The first-order chi connectivity index (χ1) is 9.58. The number of phenolic OH excluding ortho intramolecular Hbond substituents is 1. The SMILES string of the molecule is CC1CCCCN1C(=O)COC(=O)c1cccc(O)c1. The molecule has 0 saturated carbocycles. The molecule has 20 heavy (non-hydrogen) atoms. The lowest BCUT2D eigenvalue weighted by atomic mass is 10.0. The van der Waals surface area contributed by atoms with Crippen molar-refractivity contribution in [1.82, 2.24) is 4.90 Å². The number of hydrogen-bond donors (Lipinski definition) is 1. The quantitative estimate of drug-likeness (QED) is 0.857. The Morgan fingerprint density at radius 1 is 1.40 bits per heavy atom. The van der Waals surface area contributed by atoms with E-state index in [1.165, 1.54) is 18.2 Å². The van der Waals surface area contributed by atoms with Crippen LogP contribution in [0.25, 0.3) is 0 Å². The fourth-order valence-electron chi connectivity index (χ4n) is 2.40. The van der Waals surface area contributed by atoms with E-state index in [9.17, 15) is 14.7 Å². The van der Waals surface area contributed by atoms with Crippen molar-refractivity contribution in [2.45, 2.75) is 32.2 Å². The van der Waals surface area contributed by atoms with E-state index in [-0.39, 0.29) is 29.9 Å². The summed E-state index contributed by atoms with van der Waals surface area (Å²) in [5, 5.41) is 9.29. The standard InChI is InChI=1S/C15H19NO4/c1-11-5-2-3-8-16(11)14(18)10-20-15(19)12-6-4-7-13(17)9-12/h4,6-7,9,11,17H,2-3,5,8,10H2,1H3. The van der Waals surface area contributed by atoms with Crippen molar-refractivity contribution in [1.29, 1.82) is 0 Å². The Balaban J connectivity index is 1.88. The molecule has 1 aliphatic heterocycles. The van der Waals surface area contributed by atoms with Crippen molar-refractivity contribution in [3.63, 3.8) is 0 Å². The molecule has 0 spiro atoms. The minimum Gasteiger partial charge on any atom is -0.508 e. The van der Waals surface area contributed by atoms with E-state index < -0.39 is 5.97 Å². The van der Waals surface area contributed by atoms with E-state index in [1.54, 1.807) is 11.0 Å². The van der Waals surface area contributed by atoms with E-state index in [1.807, 2.05) is 6.92 Å². The molecule has 2 rings (SSSR count). The molecule has 1 unspecified atom stereocenters. The molecule has 0 aromatic heterocycles. The van der Waals surface area contributed by atoms with Crippen LogP contribution in [0.2, 0.25) is 0 Å². The van der Waals surface area contributed by atoms with Gasteiger partial charge in [0.1, 0.15) is 5.75 Å². The van der Waals surface area contributed by atoms with Gasteiger partial charge in [0.25, 0.3) is 5.91 Å². The molecule has 5 nitrogen and oxygen atoms in total. The van der Waals surface area contributed by atoms with Gasteiger partial charge in [0.05, 0.1) is 5.56 Å². The Morgan fingerprint density at radius 3 is 2.90 bits per heavy atom. The Labute approximate surface area is 118 Å². The Morgan fingerprint density at radius 2 is 2.20 bits per heavy atom. The van der Waals surface area contributed by atoms with E-state index >= 15 is 0 Å². The minimum absolute atomic E-state index is 0.00423. The van der Waals surface area contributed by atoms with Crippen molar-refractivity contribution >= 4 is 11.9 Å². The third-order valence-corrected chi connectivity index (χ3v) is 3.53. The van der Waals surface area contributed by atoms with Gasteiger partial charge in [0, 0.05) is 12.6 Å². The third-order valence-electron chi connectivity index (χ3n) is 3.53. The summed E-state index contributed by atoms with van der Waals surface area (Å²) in [5.41, 5.74) is 0.240. The first kappa shape index (κ1) is 14.4. The number of rotatable bonds is 3. The van der Waals surface area contributed by atoms with Gasteiger partial charge in [-0.2, -0.15) is 0 Å². The number of esters is 1. The van der Waals surface area contributed by atoms with Crippen LogP contribution in [0.1, 0.15) is 36.5 Å². The fraction of sp³-hybridized carbons (Fsp3) is 0.467. The van der Waals surface area contributed by atoms with Crippen molar-refractivity contribution in [2.75, 3.05) is 13.2 Å². The summed E-state index contributed by atoms with van der Waals surface area (Å²) in [4.78, 5) is 25.5. The summed E-state index contributed by atoms with van der Waals surface area (Å²) < 4.78 is 5.01. The number of ether oxygens (including phenoxy) is 1. The van der Waals surface area contributed by atoms with Gasteiger partial charge in [0.15, 0.2) is 6.61 Å². The lowest BCUT2D eigenvalue weighted by Crippen LogP contribution is -2.44. The number of piperidine rings is 1. The molecule has 1 amide bonds. The van der Waals surface area contributed by atoms with E-state index in [0.29, 0.717) is 0 Å². The maximum atomic E-state index is 12.0. The third kappa shape index (κ3) is 3.50. The van der Waals surface area contributed by atoms with E-state index in [2.05, 4.69) is 0 Å². The summed E-state index contributed by atoms with van der Waals surface area (Å²) in [6.07, 6.45) is 3.12. The molecule has 0 aliphatic carbocycles. The second-order valence-electron chi connectivity index (χ2n) is 5.06. The molecule has 1 aromatic carbocycles. The highest BCUT2D eigenvalue weighted by Crippen LogP contribution is 2.17. The molecular formula is C15H19NO4. The van der Waals surface area contributed by atoms with Crippen molar-refractivity contribution in [2.24, 2.45) is 0 Å². The second kappa shape index (κ2) is 6.41. The molecule has 1 saturated heterocycles. The number of likely N-dealkylation sites (tertiary alicyclic amines) is 1. The predicted octanol–water partition coefficient (Wildman–Crippen LogP) is 1.95. The first-order valence-corrected chi connectivity index (χ1v) is 6.83. The average molecular weight is 277 g/mol. The molecule has 1 N–H and O–H groups in total. The number of carbonyl (C=O) groups is 2. The molecule has 1 atom stereocenters. The Bertz CT molecular complexity index is 500. The molecule has 1 aromatic rings. The lowest BCUT2D eigenvalue weighted by Gasteiger charge is -2.33. The van der Waals surface area contributed by atoms with Gasteiger partial charge in [-0.15, -0.1) is 0 Å². The normalized spacial score (nSPS) is 18.6. The van der Waals surface area contributed by atoms with Gasteiger partial charge in [-0.1, -0.05) is 6.07 Å². The Hall–Kier alpha value is -2.04. The number of hydrogen-bond acceptors (Lipinski definition) is 4. The average Bonchev–Trinajstić information content (AvgIpc) is 2.45. The molecule has 0 radical (unpaired) electrons. The number of phenols is 1. The highest BCUT2D eigenvalue weighted by atomic mass is 16.5. The van der Waals surface area contributed by atoms with E-state index in [0.717, 1.165) is 25.8 Å². The second-order valence-corrected chi connectivity index (χ2v) is 5.06. The number of amides is 1. The van der Waals surface area contributed by atoms with Gasteiger partial charge >= 0.3 is 5.97 Å². The topological polar surface area (TPSA) is 66.8 Å². The maximum absolute atomic E-state index is 12.0. The highest BCUT2D eigenvalue weighted by molar-refractivity contribution is 5.91. The number of nitrogens with zero attached hydrogens (tertiary/aromatic N) is 1. The first-order valence-electron chi connectivity index (χ1n) is 6.83. The summed E-state index contributed by atoms with van der Waals surface area (Å²) in [5.74, 6) is -0.764. The van der Waals surface area contributed by atoms with E-state index in [4.69, 9.17) is 4.74 Å². The fourth-order valence-corrected chi connectivity index (χ4v) is 2.40. The van der Waals surface area contributed by atoms with Crippen LogP contribution < -0.4 is 0 Å². The molecule has 5 heteroatoms. The van der Waals surface area contributed by atoms with Gasteiger partial charge in [-0.25, -0.2) is 4.79 Å². The van der Waals surface area contributed by atoms with Gasteiger partial charge in [-0.3, -0.25) is 4.79 Å². The molecule has 1 aliphatic rings. The molecule has 108 valence electrons. The zero-order chi connectivity index (χ0) is 14.5. The minimum atomic E-state index is -0.598. The highest BCUT2D eigenvalue weighted by Gasteiger charge is 2.24. The van der Waals surface area contributed by atoms with Crippen LogP contribution in [0.4, 0.5) is 0 Å². The number of benzene rings is 1. The largest absolute Gasteiger partial charge is 0.508 e. The number of carbonyl (C=O) groups excluding carboxylic acids is 2. The summed E-state index contributed by atoms with van der Waals surface area (Å²) >= 11 is 0. The van der Waals surface area contributed by atoms with Gasteiger partial charge < -0.3 is 14.7 Å². The summed E-state index contributed by atoms with van der Waals surface area (Å²) in [6.45, 7) is 2.48. The molecule has 1 fully saturated rings. The lowest BCUT2D eigenvalue weighted by molar-refractivity contribution is -0.137. The van der Waals surface area contributed by atoms with Gasteiger partial charge in [0.2, 0.25) is 0 Å². The predicted molar refractivity (Wildman–Crippen MR) is 73.4 cm³/mol. The van der Waals surface area contributed by atoms with Crippen LogP contribution in [-0.2, 0) is 9.53 Å². The zero-order valence-electron chi connectivity index (χ0n) is 11.5. The summed E-state index contributed by atoms with van der Waals surface area (Å²) in [7, 11) is 0. The molecule has 0 bridgehead atoms. The van der Waals surface area contributed by atoms with Crippen LogP contribution in [0.5, 0.6) is 5.75 Å². The Kier molecular flexibility index (Phi) is 4.61. The van der Waals surface area contributed by atoms with Crippen LogP contribution >= 0.6 is 0 Å². The smallest absolute Gasteiger partial charge is 0.338 e. The van der Waals surface area contributed by atoms with Gasteiger partial charge in [-0.05, 0) is 44.4 Å². The molecule has 1 heterocycles. The van der Waals surface area contributed by atoms with Crippen LogP contribution in [-0.4, -0.2) is 41.1 Å². The van der Waals surface area contributed by atoms with Crippen molar-refractivity contribution < 1.29 is 19.4 Å². The number of aromatic hydroxyl groups is 1. The van der Waals surface area contributed by atoms with Crippen molar-refractivity contribution in [3.8, 4) is 5.75 Å². The van der Waals surface area contributed by atoms with Crippen LogP contribution in [0, 0.1) is 0 Å². The monoisotopic (exact) mass is 277 g/mol. The molecular weight excluding hydrogens is 258 g/mol. The maximum Gasteiger partial charge on any atom is 0.338 e. The zero-order valence-corrected chi connectivity index (χ0v) is 11.5. The van der Waals surface area contributed by atoms with Crippen LogP contribution in [0.15, 0.2) is 24.3 Å². The van der Waals surface area contributed by atoms with Crippen LogP contribution in [0.3, 0.4) is 0 Å². The van der Waals surface area contributed by atoms with Crippen molar-refractivity contribution in [3.05, 3.63) is 29.8 Å². The summed E-state index contributed by atoms with van der Waals surface area (Å²) in [6, 6.07) is 6.08.